The SMILES string of the molecule is CC/C=C\CC=C/C=C/C(OCC)OCC. The summed E-state index contributed by atoms with van der Waals surface area (Å²) in [6, 6.07) is 0. The van der Waals surface area contributed by atoms with Crippen molar-refractivity contribution in [3.05, 3.63) is 36.5 Å². The van der Waals surface area contributed by atoms with Crippen LogP contribution in [0.15, 0.2) is 36.5 Å². The standard InChI is InChI=1S/C14H24O2/c1-4-7-8-9-10-11-12-13-14(15-5-2)16-6-3/h7-8,10-14H,4-6,9H2,1-3H3/b8-7-,11-10?,13-12+. The minimum atomic E-state index is -0.217. The van der Waals surface area contributed by atoms with Crippen LogP contribution in [-0.2, 0) is 9.47 Å². The first-order chi connectivity index (χ1) is 7.85. The highest BCUT2D eigenvalue weighted by atomic mass is 16.7. The molecule has 0 saturated heterocycles. The summed E-state index contributed by atoms with van der Waals surface area (Å²) < 4.78 is 10.7. The van der Waals surface area contributed by atoms with E-state index in [1.165, 1.54) is 0 Å². The van der Waals surface area contributed by atoms with Crippen molar-refractivity contribution in [1.82, 2.24) is 0 Å². The highest BCUT2D eigenvalue weighted by Crippen LogP contribution is 1.98. The molecule has 2 heteroatoms. The largest absolute Gasteiger partial charge is 0.349 e. The molecule has 0 aromatic rings. The van der Waals surface area contributed by atoms with Crippen molar-refractivity contribution < 1.29 is 9.47 Å². The molecule has 0 aliphatic heterocycles. The summed E-state index contributed by atoms with van der Waals surface area (Å²) in [5.74, 6) is 0. The smallest absolute Gasteiger partial charge is 0.177 e. The lowest BCUT2D eigenvalue weighted by molar-refractivity contribution is -0.103. The Morgan fingerprint density at radius 1 is 0.875 bits per heavy atom. The van der Waals surface area contributed by atoms with Crippen molar-refractivity contribution in [2.45, 2.75) is 39.9 Å². The second-order valence-electron chi connectivity index (χ2n) is 3.21. The fourth-order valence-electron chi connectivity index (χ4n) is 1.14. The molecule has 0 aliphatic rings. The van der Waals surface area contributed by atoms with Crippen LogP contribution in [0, 0.1) is 0 Å². The van der Waals surface area contributed by atoms with E-state index >= 15 is 0 Å². The molecule has 0 N–H and O–H groups in total. The zero-order valence-electron chi connectivity index (χ0n) is 10.7. The van der Waals surface area contributed by atoms with Crippen LogP contribution < -0.4 is 0 Å². The van der Waals surface area contributed by atoms with Crippen molar-refractivity contribution in [3.8, 4) is 0 Å². The molecule has 0 atom stereocenters. The summed E-state index contributed by atoms with van der Waals surface area (Å²) in [5.41, 5.74) is 0. The molecule has 0 heterocycles. The molecule has 0 saturated carbocycles. The Balaban J connectivity index is 3.80. The van der Waals surface area contributed by atoms with E-state index in [0.717, 1.165) is 12.8 Å². The number of allylic oxidation sites excluding steroid dienone is 5. The predicted molar refractivity (Wildman–Crippen MR) is 69.4 cm³/mol. The van der Waals surface area contributed by atoms with Crippen molar-refractivity contribution in [3.63, 3.8) is 0 Å². The summed E-state index contributed by atoms with van der Waals surface area (Å²) >= 11 is 0. The molecule has 0 aromatic carbocycles. The second-order valence-corrected chi connectivity index (χ2v) is 3.21. The van der Waals surface area contributed by atoms with Crippen LogP contribution >= 0.6 is 0 Å². The first kappa shape index (κ1) is 15.1. The molecule has 0 amide bonds. The third kappa shape index (κ3) is 9.69. The Morgan fingerprint density at radius 2 is 1.56 bits per heavy atom. The van der Waals surface area contributed by atoms with Gasteiger partial charge in [-0.1, -0.05) is 37.3 Å². The van der Waals surface area contributed by atoms with E-state index in [4.69, 9.17) is 9.47 Å². The molecule has 0 unspecified atom stereocenters. The fourth-order valence-corrected chi connectivity index (χ4v) is 1.14. The van der Waals surface area contributed by atoms with E-state index in [1.54, 1.807) is 0 Å². The fraction of sp³-hybridized carbons (Fsp3) is 0.571. The highest BCUT2D eigenvalue weighted by Gasteiger charge is 1.99. The topological polar surface area (TPSA) is 18.5 Å². The van der Waals surface area contributed by atoms with Crippen molar-refractivity contribution >= 4 is 0 Å². The molecule has 0 rings (SSSR count). The van der Waals surface area contributed by atoms with Crippen molar-refractivity contribution in [1.29, 1.82) is 0 Å². The summed E-state index contributed by atoms with van der Waals surface area (Å²) in [6.45, 7) is 7.39. The van der Waals surface area contributed by atoms with E-state index in [-0.39, 0.29) is 6.29 Å². The molecule has 0 fully saturated rings. The third-order valence-corrected chi connectivity index (χ3v) is 1.85. The average molecular weight is 224 g/mol. The molecule has 0 spiro atoms. The zero-order chi connectivity index (χ0) is 12.1. The highest BCUT2D eigenvalue weighted by molar-refractivity contribution is 5.05. The van der Waals surface area contributed by atoms with Crippen LogP contribution in [0.2, 0.25) is 0 Å². The van der Waals surface area contributed by atoms with Crippen LogP contribution in [0.5, 0.6) is 0 Å². The monoisotopic (exact) mass is 224 g/mol. The van der Waals surface area contributed by atoms with Gasteiger partial charge in [-0.25, -0.2) is 0 Å². The van der Waals surface area contributed by atoms with Gasteiger partial charge in [-0.05, 0) is 32.8 Å². The summed E-state index contributed by atoms with van der Waals surface area (Å²) in [4.78, 5) is 0. The molecule has 0 aliphatic carbocycles. The van der Waals surface area contributed by atoms with Gasteiger partial charge in [0, 0.05) is 13.2 Å². The average Bonchev–Trinajstić information content (AvgIpc) is 2.28. The molecule has 0 aromatic heterocycles. The zero-order valence-corrected chi connectivity index (χ0v) is 10.7. The number of hydrogen-bond acceptors (Lipinski definition) is 2. The minimum Gasteiger partial charge on any atom is -0.349 e. The number of ether oxygens (including phenoxy) is 2. The maximum Gasteiger partial charge on any atom is 0.177 e. The maximum atomic E-state index is 5.37. The van der Waals surface area contributed by atoms with Gasteiger partial charge in [0.05, 0.1) is 0 Å². The van der Waals surface area contributed by atoms with Gasteiger partial charge < -0.3 is 9.47 Å². The molecule has 0 radical (unpaired) electrons. The van der Waals surface area contributed by atoms with Crippen molar-refractivity contribution in [2.24, 2.45) is 0 Å². The normalized spacial score (nSPS) is 12.8. The van der Waals surface area contributed by atoms with E-state index in [2.05, 4.69) is 25.2 Å². The quantitative estimate of drug-likeness (QED) is 0.336. The summed E-state index contributed by atoms with van der Waals surface area (Å²) in [6.07, 6.45) is 14.2. The molecule has 92 valence electrons. The summed E-state index contributed by atoms with van der Waals surface area (Å²) in [5, 5.41) is 0. The number of rotatable bonds is 9. The van der Waals surface area contributed by atoms with Gasteiger partial charge in [0.1, 0.15) is 0 Å². The van der Waals surface area contributed by atoms with Crippen LogP contribution in [0.4, 0.5) is 0 Å². The van der Waals surface area contributed by atoms with Crippen LogP contribution in [0.25, 0.3) is 0 Å². The van der Waals surface area contributed by atoms with Crippen LogP contribution in [-0.4, -0.2) is 19.5 Å². The Kier molecular flexibility index (Phi) is 11.6. The number of hydrogen-bond donors (Lipinski definition) is 0. The van der Waals surface area contributed by atoms with Crippen molar-refractivity contribution in [2.75, 3.05) is 13.2 Å². The van der Waals surface area contributed by atoms with E-state index < -0.39 is 0 Å². The Labute approximate surface area is 99.6 Å². The van der Waals surface area contributed by atoms with E-state index in [1.807, 2.05) is 32.1 Å². The van der Waals surface area contributed by atoms with Gasteiger partial charge in [-0.2, -0.15) is 0 Å². The van der Waals surface area contributed by atoms with Crippen LogP contribution in [0.1, 0.15) is 33.6 Å². The van der Waals surface area contributed by atoms with E-state index in [9.17, 15) is 0 Å². The Morgan fingerprint density at radius 3 is 2.12 bits per heavy atom. The Hall–Kier alpha value is -0.860. The molecule has 2 nitrogen and oxygen atoms in total. The minimum absolute atomic E-state index is 0.217. The third-order valence-electron chi connectivity index (χ3n) is 1.85. The van der Waals surface area contributed by atoms with Gasteiger partial charge in [0.25, 0.3) is 0 Å². The second kappa shape index (κ2) is 12.2. The first-order valence-electron chi connectivity index (χ1n) is 6.06. The lowest BCUT2D eigenvalue weighted by Crippen LogP contribution is -2.13. The molecular weight excluding hydrogens is 200 g/mol. The lowest BCUT2D eigenvalue weighted by Gasteiger charge is -2.11. The summed E-state index contributed by atoms with van der Waals surface area (Å²) in [7, 11) is 0. The predicted octanol–water partition coefficient (Wildman–Crippen LogP) is 3.85. The maximum absolute atomic E-state index is 5.37. The van der Waals surface area contributed by atoms with Gasteiger partial charge in [-0.15, -0.1) is 0 Å². The van der Waals surface area contributed by atoms with Gasteiger partial charge in [0.15, 0.2) is 6.29 Å². The van der Waals surface area contributed by atoms with E-state index in [0.29, 0.717) is 13.2 Å². The molecule has 0 bridgehead atoms. The lowest BCUT2D eigenvalue weighted by atomic mass is 10.3. The Bertz CT molecular complexity index is 211. The first-order valence-corrected chi connectivity index (χ1v) is 6.06. The van der Waals surface area contributed by atoms with Gasteiger partial charge >= 0.3 is 0 Å². The molecule has 16 heavy (non-hydrogen) atoms. The van der Waals surface area contributed by atoms with Gasteiger partial charge in [0.2, 0.25) is 0 Å². The van der Waals surface area contributed by atoms with Crippen LogP contribution in [0.3, 0.4) is 0 Å². The van der Waals surface area contributed by atoms with Gasteiger partial charge in [-0.3, -0.25) is 0 Å². The molecular formula is C14H24O2.